The highest BCUT2D eigenvalue weighted by Crippen LogP contribution is 2.41. The molecule has 176 valence electrons. The lowest BCUT2D eigenvalue weighted by Crippen LogP contribution is -2.33. The molecule has 2 aromatic carbocycles. The summed E-state index contributed by atoms with van der Waals surface area (Å²) in [6.45, 7) is 1.01. The van der Waals surface area contributed by atoms with Gasteiger partial charge in [0.15, 0.2) is 17.3 Å². The number of methoxy groups -OCH3 is 5. The number of nitrogens with zero attached hydrogens (tertiary/aromatic N) is 2. The minimum Gasteiger partial charge on any atom is -0.497 e. The van der Waals surface area contributed by atoms with Gasteiger partial charge in [-0.2, -0.15) is 0 Å². The van der Waals surface area contributed by atoms with E-state index in [0.29, 0.717) is 58.7 Å². The monoisotopic (exact) mass is 456 g/mol. The van der Waals surface area contributed by atoms with E-state index in [4.69, 9.17) is 28.2 Å². The highest BCUT2D eigenvalue weighted by molar-refractivity contribution is 5.94. The molecule has 9 nitrogen and oxygen atoms in total. The molecule has 0 aliphatic carbocycles. The molecule has 0 saturated carbocycles. The molecule has 0 radical (unpaired) electrons. The third kappa shape index (κ3) is 5.56. The Kier molecular flexibility index (Phi) is 8.15. The van der Waals surface area contributed by atoms with Crippen molar-refractivity contribution < 1.29 is 33.0 Å². The minimum atomic E-state index is -0.164. The Morgan fingerprint density at radius 2 is 1.67 bits per heavy atom. The van der Waals surface area contributed by atoms with Gasteiger partial charge in [-0.25, -0.2) is 0 Å². The fraction of sp³-hybridized carbons (Fsp3) is 0.333. The maximum atomic E-state index is 13.1. The molecule has 1 heterocycles. The van der Waals surface area contributed by atoms with Crippen LogP contribution in [0.5, 0.6) is 23.0 Å². The van der Waals surface area contributed by atoms with Gasteiger partial charge in [-0.3, -0.25) is 4.79 Å². The second-order valence-electron chi connectivity index (χ2n) is 7.05. The zero-order valence-corrected chi connectivity index (χ0v) is 19.4. The number of ether oxygens (including phenoxy) is 5. The van der Waals surface area contributed by atoms with E-state index in [-0.39, 0.29) is 12.5 Å². The van der Waals surface area contributed by atoms with Gasteiger partial charge in [-0.1, -0.05) is 11.2 Å². The topological polar surface area (TPSA) is 92.5 Å². The zero-order valence-electron chi connectivity index (χ0n) is 19.4. The molecule has 0 saturated heterocycles. The molecule has 0 fully saturated rings. The SMILES string of the molecule is COCCN(Cc1cc(-c2cc(OC)c(OC)c(OC)c2)on1)C(=O)c1cccc(OC)c1. The average molecular weight is 456 g/mol. The number of amides is 1. The molecule has 0 aliphatic heterocycles. The van der Waals surface area contributed by atoms with Crippen LogP contribution in [0.1, 0.15) is 16.1 Å². The van der Waals surface area contributed by atoms with E-state index in [9.17, 15) is 4.79 Å². The first-order valence-electron chi connectivity index (χ1n) is 10.2. The Morgan fingerprint density at radius 1 is 0.939 bits per heavy atom. The van der Waals surface area contributed by atoms with Crippen LogP contribution < -0.4 is 18.9 Å². The lowest BCUT2D eigenvalue weighted by molar-refractivity contribution is 0.0676. The van der Waals surface area contributed by atoms with Crippen molar-refractivity contribution in [1.29, 1.82) is 0 Å². The number of hydrogen-bond acceptors (Lipinski definition) is 8. The van der Waals surface area contributed by atoms with Crippen LogP contribution in [-0.2, 0) is 11.3 Å². The van der Waals surface area contributed by atoms with Crippen LogP contribution in [0.15, 0.2) is 47.0 Å². The molecular weight excluding hydrogens is 428 g/mol. The van der Waals surface area contributed by atoms with Crippen LogP contribution in [0.25, 0.3) is 11.3 Å². The van der Waals surface area contributed by atoms with Crippen LogP contribution in [0.3, 0.4) is 0 Å². The molecule has 3 aromatic rings. The van der Waals surface area contributed by atoms with E-state index in [1.807, 2.05) is 0 Å². The van der Waals surface area contributed by atoms with Crippen LogP contribution in [0.2, 0.25) is 0 Å². The van der Waals surface area contributed by atoms with E-state index >= 15 is 0 Å². The number of carbonyl (C=O) groups excluding carboxylic acids is 1. The van der Waals surface area contributed by atoms with Gasteiger partial charge in [0.1, 0.15) is 11.4 Å². The van der Waals surface area contributed by atoms with Crippen LogP contribution in [0, 0.1) is 0 Å². The predicted molar refractivity (Wildman–Crippen MR) is 121 cm³/mol. The highest BCUT2D eigenvalue weighted by atomic mass is 16.5. The van der Waals surface area contributed by atoms with Gasteiger partial charge in [0.05, 0.1) is 41.6 Å². The molecular formula is C24H28N2O7. The maximum absolute atomic E-state index is 13.1. The first-order valence-corrected chi connectivity index (χ1v) is 10.2. The average Bonchev–Trinajstić information content (AvgIpc) is 3.33. The van der Waals surface area contributed by atoms with E-state index in [2.05, 4.69) is 5.16 Å². The molecule has 0 spiro atoms. The smallest absolute Gasteiger partial charge is 0.254 e. The van der Waals surface area contributed by atoms with E-state index < -0.39 is 0 Å². The zero-order chi connectivity index (χ0) is 23.8. The third-order valence-electron chi connectivity index (χ3n) is 5.03. The van der Waals surface area contributed by atoms with Crippen molar-refractivity contribution in [3.8, 4) is 34.3 Å². The number of hydrogen-bond donors (Lipinski definition) is 0. The van der Waals surface area contributed by atoms with E-state index in [1.54, 1.807) is 82.9 Å². The van der Waals surface area contributed by atoms with Gasteiger partial charge in [0, 0.05) is 30.8 Å². The van der Waals surface area contributed by atoms with Crippen molar-refractivity contribution in [2.75, 3.05) is 48.7 Å². The Labute approximate surface area is 192 Å². The summed E-state index contributed by atoms with van der Waals surface area (Å²) in [4.78, 5) is 14.8. The summed E-state index contributed by atoms with van der Waals surface area (Å²) in [6.07, 6.45) is 0. The first kappa shape index (κ1) is 23.9. The van der Waals surface area contributed by atoms with Crippen molar-refractivity contribution in [2.45, 2.75) is 6.54 Å². The number of benzene rings is 2. The quantitative estimate of drug-likeness (QED) is 0.432. The first-order chi connectivity index (χ1) is 16.0. The molecule has 3 rings (SSSR count). The molecule has 0 bridgehead atoms. The van der Waals surface area contributed by atoms with Gasteiger partial charge in [-0.15, -0.1) is 0 Å². The fourth-order valence-electron chi connectivity index (χ4n) is 3.33. The second-order valence-corrected chi connectivity index (χ2v) is 7.05. The molecule has 9 heteroatoms. The summed E-state index contributed by atoms with van der Waals surface area (Å²) in [5.74, 6) is 2.43. The van der Waals surface area contributed by atoms with Gasteiger partial charge in [0.2, 0.25) is 5.75 Å². The lowest BCUT2D eigenvalue weighted by atomic mass is 10.1. The predicted octanol–water partition coefficient (Wildman–Crippen LogP) is 3.66. The van der Waals surface area contributed by atoms with Crippen molar-refractivity contribution in [1.82, 2.24) is 10.1 Å². The molecule has 0 aliphatic rings. The number of rotatable bonds is 11. The lowest BCUT2D eigenvalue weighted by Gasteiger charge is -2.21. The highest BCUT2D eigenvalue weighted by Gasteiger charge is 2.20. The fourth-order valence-corrected chi connectivity index (χ4v) is 3.33. The van der Waals surface area contributed by atoms with Crippen LogP contribution >= 0.6 is 0 Å². The second kappa shape index (κ2) is 11.2. The standard InChI is InChI=1S/C24H28N2O7/c1-28-10-9-26(24(27)16-7-6-8-19(11-16)29-2)15-18-14-20(33-25-18)17-12-21(30-3)23(32-5)22(13-17)31-4/h6-8,11-14H,9-10,15H2,1-5H3. The number of aromatic nitrogens is 1. The maximum Gasteiger partial charge on any atom is 0.254 e. The molecule has 33 heavy (non-hydrogen) atoms. The van der Waals surface area contributed by atoms with Gasteiger partial charge in [0.25, 0.3) is 5.91 Å². The molecule has 0 unspecified atom stereocenters. The van der Waals surface area contributed by atoms with E-state index in [1.165, 1.54) is 0 Å². The summed E-state index contributed by atoms with van der Waals surface area (Å²) in [5, 5.41) is 4.16. The Balaban J connectivity index is 1.86. The van der Waals surface area contributed by atoms with Crippen molar-refractivity contribution in [2.24, 2.45) is 0 Å². The minimum absolute atomic E-state index is 0.164. The third-order valence-corrected chi connectivity index (χ3v) is 5.03. The largest absolute Gasteiger partial charge is 0.497 e. The number of carbonyl (C=O) groups is 1. The summed E-state index contributed by atoms with van der Waals surface area (Å²) in [5.41, 5.74) is 1.80. The molecule has 0 N–H and O–H groups in total. The van der Waals surface area contributed by atoms with Crippen molar-refractivity contribution in [3.63, 3.8) is 0 Å². The normalized spacial score (nSPS) is 10.6. The van der Waals surface area contributed by atoms with Crippen molar-refractivity contribution >= 4 is 5.91 Å². The van der Waals surface area contributed by atoms with Gasteiger partial charge < -0.3 is 33.1 Å². The molecule has 1 amide bonds. The van der Waals surface area contributed by atoms with Crippen molar-refractivity contribution in [3.05, 3.63) is 53.7 Å². The summed E-state index contributed by atoms with van der Waals surface area (Å²) in [6, 6.07) is 12.3. The Morgan fingerprint density at radius 3 is 2.27 bits per heavy atom. The van der Waals surface area contributed by atoms with Gasteiger partial charge >= 0.3 is 0 Å². The van der Waals surface area contributed by atoms with Crippen LogP contribution in [-0.4, -0.2) is 64.7 Å². The van der Waals surface area contributed by atoms with E-state index in [0.717, 1.165) is 0 Å². The molecule has 1 aromatic heterocycles. The van der Waals surface area contributed by atoms with Crippen LogP contribution in [0.4, 0.5) is 0 Å². The summed E-state index contributed by atoms with van der Waals surface area (Å²) >= 11 is 0. The Hall–Kier alpha value is -3.72. The molecule has 0 atom stereocenters. The summed E-state index contributed by atoms with van der Waals surface area (Å²) < 4.78 is 32.2. The van der Waals surface area contributed by atoms with Gasteiger partial charge in [-0.05, 0) is 30.3 Å². The Bertz CT molecular complexity index is 1060. The summed E-state index contributed by atoms with van der Waals surface area (Å²) in [7, 11) is 7.79.